The first-order chi connectivity index (χ1) is 11.6. The van der Waals surface area contributed by atoms with Crippen molar-refractivity contribution < 1.29 is 9.84 Å². The maximum atomic E-state index is 10.5. The largest absolute Gasteiger partial charge is 0.385 e. The minimum Gasteiger partial charge on any atom is -0.385 e. The summed E-state index contributed by atoms with van der Waals surface area (Å²) in [6.45, 7) is 14.9. The Hall–Kier alpha value is -1.28. The van der Waals surface area contributed by atoms with Gasteiger partial charge in [-0.1, -0.05) is 19.6 Å². The van der Waals surface area contributed by atoms with Crippen LogP contribution in [0.15, 0.2) is 18.5 Å². The molecule has 2 aromatic rings. The average molecular weight is 365 g/mol. The zero-order valence-electron chi connectivity index (χ0n) is 16.3. The summed E-state index contributed by atoms with van der Waals surface area (Å²) in [5.41, 5.74) is 1.54. The Bertz CT molecular complexity index is 688. The standard InChI is InChI=1S/C18H32N4O2Si/c1-18(2,3)20-12-16(23)17-14-11-21-22(15(14)7-8-19-17)13-24-9-10-25(4,5)6/h7-8,11,16,20,23H,9-10,12-13H2,1-6H3. The minimum atomic E-state index is -1.09. The molecule has 1 unspecified atom stereocenters. The van der Waals surface area contributed by atoms with E-state index < -0.39 is 14.2 Å². The van der Waals surface area contributed by atoms with Crippen molar-refractivity contribution in [2.45, 2.75) is 64.8 Å². The SMILES string of the molecule is CC(C)(C)NCC(O)c1nccc2c1cnn2COCC[Si](C)(C)C. The number of nitrogens with one attached hydrogen (secondary N) is 1. The Balaban J connectivity index is 2.06. The molecule has 0 aliphatic heterocycles. The fourth-order valence-corrected chi connectivity index (χ4v) is 3.18. The van der Waals surface area contributed by atoms with E-state index in [0.29, 0.717) is 19.0 Å². The molecule has 2 rings (SSSR count). The van der Waals surface area contributed by atoms with Gasteiger partial charge in [-0.05, 0) is 32.9 Å². The number of hydrogen-bond acceptors (Lipinski definition) is 5. The van der Waals surface area contributed by atoms with Gasteiger partial charge in [-0.2, -0.15) is 5.10 Å². The van der Waals surface area contributed by atoms with Crippen LogP contribution in [-0.4, -0.2) is 46.6 Å². The van der Waals surface area contributed by atoms with Crippen LogP contribution in [0, 0.1) is 0 Å². The van der Waals surface area contributed by atoms with Crippen molar-refractivity contribution in [2.24, 2.45) is 0 Å². The average Bonchev–Trinajstić information content (AvgIpc) is 2.90. The molecule has 7 heteroatoms. The third kappa shape index (κ3) is 6.18. The van der Waals surface area contributed by atoms with Crippen LogP contribution in [0.3, 0.4) is 0 Å². The van der Waals surface area contributed by atoms with Gasteiger partial charge in [0.05, 0.1) is 17.4 Å². The summed E-state index contributed by atoms with van der Waals surface area (Å²) >= 11 is 0. The lowest BCUT2D eigenvalue weighted by atomic mass is 10.1. The molecule has 0 spiro atoms. The van der Waals surface area contributed by atoms with Crippen LogP contribution in [0.1, 0.15) is 32.6 Å². The van der Waals surface area contributed by atoms with Gasteiger partial charge in [0.25, 0.3) is 0 Å². The van der Waals surface area contributed by atoms with Gasteiger partial charge in [0.15, 0.2) is 0 Å². The summed E-state index contributed by atoms with van der Waals surface area (Å²) in [6, 6.07) is 3.05. The number of nitrogens with zero attached hydrogens (tertiary/aromatic N) is 3. The predicted octanol–water partition coefficient (Wildman–Crippen LogP) is 3.17. The van der Waals surface area contributed by atoms with Crippen molar-refractivity contribution >= 4 is 19.0 Å². The molecule has 6 nitrogen and oxygen atoms in total. The molecule has 25 heavy (non-hydrogen) atoms. The molecule has 2 heterocycles. The van der Waals surface area contributed by atoms with Gasteiger partial charge in [-0.25, -0.2) is 4.68 Å². The maximum Gasteiger partial charge on any atom is 0.139 e. The summed E-state index contributed by atoms with van der Waals surface area (Å²) in [5.74, 6) is 0. The molecule has 0 aliphatic carbocycles. The Morgan fingerprint density at radius 1 is 1.32 bits per heavy atom. The molecule has 0 fully saturated rings. The molecule has 140 valence electrons. The number of β-amino-alcohol motifs (C(OH)–C–C–N with tert-alkyl or cyclic N) is 1. The zero-order valence-corrected chi connectivity index (χ0v) is 17.3. The fourth-order valence-electron chi connectivity index (χ4n) is 2.42. The number of rotatable bonds is 8. The van der Waals surface area contributed by atoms with Gasteiger partial charge in [-0.3, -0.25) is 4.98 Å². The van der Waals surface area contributed by atoms with E-state index in [-0.39, 0.29) is 5.54 Å². The summed E-state index contributed by atoms with van der Waals surface area (Å²) in [7, 11) is -1.09. The number of fused-ring (bicyclic) bond motifs is 1. The van der Waals surface area contributed by atoms with Crippen molar-refractivity contribution in [1.29, 1.82) is 0 Å². The van der Waals surface area contributed by atoms with Crippen LogP contribution in [0.25, 0.3) is 10.9 Å². The van der Waals surface area contributed by atoms with E-state index in [1.807, 2.05) is 10.7 Å². The number of ether oxygens (including phenoxy) is 1. The number of aromatic nitrogens is 3. The van der Waals surface area contributed by atoms with Crippen LogP contribution >= 0.6 is 0 Å². The second-order valence-electron chi connectivity index (χ2n) is 8.77. The van der Waals surface area contributed by atoms with Crippen LogP contribution in [0.2, 0.25) is 25.7 Å². The molecule has 0 amide bonds. The first-order valence-electron chi connectivity index (χ1n) is 8.88. The second-order valence-corrected chi connectivity index (χ2v) is 14.4. The molecular weight excluding hydrogens is 332 g/mol. The van der Waals surface area contributed by atoms with Crippen molar-refractivity contribution in [3.05, 3.63) is 24.2 Å². The molecule has 0 bridgehead atoms. The molecule has 1 atom stereocenters. The third-order valence-corrected chi connectivity index (χ3v) is 5.66. The molecule has 2 aromatic heterocycles. The quantitative estimate of drug-likeness (QED) is 0.556. The van der Waals surface area contributed by atoms with Gasteiger partial charge in [0.1, 0.15) is 12.8 Å². The molecule has 0 radical (unpaired) electrons. The molecule has 0 saturated heterocycles. The second kappa shape index (κ2) is 7.95. The highest BCUT2D eigenvalue weighted by atomic mass is 28.3. The fraction of sp³-hybridized carbons (Fsp3) is 0.667. The third-order valence-electron chi connectivity index (χ3n) is 3.95. The van der Waals surface area contributed by atoms with Crippen molar-refractivity contribution in [1.82, 2.24) is 20.1 Å². The van der Waals surface area contributed by atoms with Crippen LogP contribution < -0.4 is 5.32 Å². The van der Waals surface area contributed by atoms with Crippen LogP contribution in [0.4, 0.5) is 0 Å². The lowest BCUT2D eigenvalue weighted by Crippen LogP contribution is -2.38. The highest BCUT2D eigenvalue weighted by molar-refractivity contribution is 6.76. The minimum absolute atomic E-state index is 0.0523. The zero-order chi connectivity index (χ0) is 18.7. The smallest absolute Gasteiger partial charge is 0.139 e. The topological polar surface area (TPSA) is 72.2 Å². The number of aliphatic hydroxyl groups excluding tert-OH is 1. The molecular formula is C18H32N4O2Si. The number of pyridine rings is 1. The lowest BCUT2D eigenvalue weighted by molar-refractivity contribution is 0.0817. The number of hydrogen-bond donors (Lipinski definition) is 2. The summed E-state index contributed by atoms with van der Waals surface area (Å²) in [6.07, 6.45) is 2.81. The first kappa shape index (κ1) is 20.0. The van der Waals surface area contributed by atoms with Crippen molar-refractivity contribution in [2.75, 3.05) is 13.2 Å². The summed E-state index contributed by atoms with van der Waals surface area (Å²) in [4.78, 5) is 4.37. The highest BCUT2D eigenvalue weighted by Gasteiger charge is 2.18. The Kier molecular flexibility index (Phi) is 6.37. The van der Waals surface area contributed by atoms with E-state index in [1.165, 1.54) is 0 Å². The molecule has 0 aromatic carbocycles. The van der Waals surface area contributed by atoms with Gasteiger partial charge < -0.3 is 15.2 Å². The molecule has 0 aliphatic rings. The summed E-state index contributed by atoms with van der Waals surface area (Å²) in [5, 5.41) is 19.1. The number of aliphatic hydroxyl groups is 1. The maximum absolute atomic E-state index is 10.5. The summed E-state index contributed by atoms with van der Waals surface area (Å²) < 4.78 is 7.62. The van der Waals surface area contributed by atoms with Gasteiger partial charge >= 0.3 is 0 Å². The van der Waals surface area contributed by atoms with E-state index in [2.05, 4.69) is 55.8 Å². The lowest BCUT2D eigenvalue weighted by Gasteiger charge is -2.22. The van der Waals surface area contributed by atoms with Crippen molar-refractivity contribution in [3.8, 4) is 0 Å². The van der Waals surface area contributed by atoms with Gasteiger partial charge in [-0.15, -0.1) is 0 Å². The van der Waals surface area contributed by atoms with E-state index in [0.717, 1.165) is 23.6 Å². The van der Waals surface area contributed by atoms with Crippen LogP contribution in [0.5, 0.6) is 0 Å². The molecule has 2 N–H and O–H groups in total. The molecule has 0 saturated carbocycles. The predicted molar refractivity (Wildman–Crippen MR) is 104 cm³/mol. The van der Waals surface area contributed by atoms with Crippen LogP contribution in [-0.2, 0) is 11.5 Å². The normalized spacial score (nSPS) is 14.2. The van der Waals surface area contributed by atoms with Gasteiger partial charge in [0.2, 0.25) is 0 Å². The van der Waals surface area contributed by atoms with Crippen molar-refractivity contribution in [3.63, 3.8) is 0 Å². The Morgan fingerprint density at radius 3 is 2.68 bits per heavy atom. The highest BCUT2D eigenvalue weighted by Crippen LogP contribution is 2.22. The van der Waals surface area contributed by atoms with E-state index >= 15 is 0 Å². The van der Waals surface area contributed by atoms with E-state index in [9.17, 15) is 5.11 Å². The first-order valence-corrected chi connectivity index (χ1v) is 12.6. The Morgan fingerprint density at radius 2 is 2.04 bits per heavy atom. The van der Waals surface area contributed by atoms with Gasteiger partial charge in [0, 0.05) is 38.3 Å². The Labute approximate surface area is 151 Å². The van der Waals surface area contributed by atoms with E-state index in [1.54, 1.807) is 12.4 Å². The van der Waals surface area contributed by atoms with E-state index in [4.69, 9.17) is 4.74 Å². The monoisotopic (exact) mass is 364 g/mol.